The molecule has 5 heteroatoms. The van der Waals surface area contributed by atoms with Crippen molar-refractivity contribution in [2.24, 2.45) is 5.73 Å². The van der Waals surface area contributed by atoms with Gasteiger partial charge in [0.15, 0.2) is 0 Å². The summed E-state index contributed by atoms with van der Waals surface area (Å²) in [7, 11) is 0. The first-order valence-electron chi connectivity index (χ1n) is 11.2. The van der Waals surface area contributed by atoms with Crippen molar-refractivity contribution < 1.29 is 0 Å². The van der Waals surface area contributed by atoms with Crippen molar-refractivity contribution in [3.05, 3.63) is 102 Å². The number of nitrogens with two attached hydrogens (primary N) is 1. The van der Waals surface area contributed by atoms with Gasteiger partial charge in [-0.2, -0.15) is 5.10 Å². The Labute approximate surface area is 193 Å². The number of aromatic nitrogens is 3. The van der Waals surface area contributed by atoms with E-state index in [4.69, 9.17) is 10.7 Å². The van der Waals surface area contributed by atoms with Crippen LogP contribution in [0.25, 0.3) is 33.3 Å². The van der Waals surface area contributed by atoms with Crippen LogP contribution in [0.1, 0.15) is 11.3 Å². The molecular formula is C28H27N5. The average molecular weight is 434 g/mol. The number of hydrogen-bond acceptors (Lipinski definition) is 4. The van der Waals surface area contributed by atoms with E-state index in [1.54, 1.807) is 0 Å². The van der Waals surface area contributed by atoms with Gasteiger partial charge in [0.2, 0.25) is 0 Å². The lowest BCUT2D eigenvalue weighted by atomic mass is 9.97. The van der Waals surface area contributed by atoms with E-state index in [9.17, 15) is 0 Å². The molecule has 0 aliphatic heterocycles. The highest BCUT2D eigenvalue weighted by atomic mass is 15.1. The molecule has 4 N–H and O–H groups in total. The summed E-state index contributed by atoms with van der Waals surface area (Å²) in [6, 6.07) is 29.2. The van der Waals surface area contributed by atoms with Crippen LogP contribution < -0.4 is 11.1 Å². The van der Waals surface area contributed by atoms with Crippen LogP contribution in [-0.4, -0.2) is 27.8 Å². The van der Waals surface area contributed by atoms with Gasteiger partial charge >= 0.3 is 0 Å². The molecule has 0 saturated heterocycles. The highest BCUT2D eigenvalue weighted by Crippen LogP contribution is 2.34. The van der Waals surface area contributed by atoms with Crippen LogP contribution in [0.4, 0.5) is 5.69 Å². The zero-order valence-corrected chi connectivity index (χ0v) is 18.6. The molecule has 0 aliphatic carbocycles. The van der Waals surface area contributed by atoms with E-state index in [2.05, 4.69) is 64.0 Å². The van der Waals surface area contributed by atoms with Gasteiger partial charge < -0.3 is 11.1 Å². The molecule has 0 bridgehead atoms. The zero-order chi connectivity index (χ0) is 22.6. The smallest absolute Gasteiger partial charge is 0.0781 e. The van der Waals surface area contributed by atoms with Crippen LogP contribution in [-0.2, 0) is 6.42 Å². The van der Waals surface area contributed by atoms with Gasteiger partial charge in [0.25, 0.3) is 0 Å². The van der Waals surface area contributed by atoms with Gasteiger partial charge in [0.1, 0.15) is 0 Å². The Kier molecular flexibility index (Phi) is 5.87. The maximum absolute atomic E-state index is 6.40. The molecule has 0 spiro atoms. The Hall–Kier alpha value is -3.96. The molecule has 5 rings (SSSR count). The normalized spacial score (nSPS) is 12.1. The fraction of sp³-hybridized carbons (Fsp3) is 0.143. The Morgan fingerprint density at radius 3 is 2.45 bits per heavy atom. The van der Waals surface area contributed by atoms with Crippen molar-refractivity contribution in [2.45, 2.75) is 19.4 Å². The van der Waals surface area contributed by atoms with Gasteiger partial charge in [-0.1, -0.05) is 66.7 Å². The summed E-state index contributed by atoms with van der Waals surface area (Å²) < 4.78 is 0. The number of benzene rings is 3. The third-order valence-corrected chi connectivity index (χ3v) is 5.91. The molecule has 5 aromatic rings. The number of anilines is 1. The van der Waals surface area contributed by atoms with Crippen molar-refractivity contribution in [2.75, 3.05) is 11.9 Å². The van der Waals surface area contributed by atoms with Crippen molar-refractivity contribution in [1.29, 1.82) is 0 Å². The first-order chi connectivity index (χ1) is 16.2. The number of hydrogen-bond donors (Lipinski definition) is 3. The molecule has 1 atom stereocenters. The van der Waals surface area contributed by atoms with Crippen LogP contribution in [0.15, 0.2) is 91.1 Å². The maximum Gasteiger partial charge on any atom is 0.0781 e. The first kappa shape index (κ1) is 20.9. The topological polar surface area (TPSA) is 79.6 Å². The largest absolute Gasteiger partial charge is 0.382 e. The highest BCUT2D eigenvalue weighted by Gasteiger charge is 2.13. The lowest BCUT2D eigenvalue weighted by molar-refractivity contribution is 0.699. The molecule has 0 aliphatic rings. The SMILES string of the molecule is Cc1n[nH]c2ccc(-c3cc(NC[C@H](N)Cc4ccccc4)cnc3-c3ccccc3)cc12. The molecule has 0 amide bonds. The number of aryl methyl sites for hydroxylation is 1. The number of aromatic amines is 1. The van der Waals surface area contributed by atoms with Gasteiger partial charge in [-0.25, -0.2) is 0 Å². The standard InChI is InChI=1S/C28H27N5/c1-19-25-15-22(12-13-27(25)33-32-19)26-16-24(18-31-28(26)21-10-6-3-7-11-21)30-17-23(29)14-20-8-4-2-5-9-20/h2-13,15-16,18,23,30H,14,17,29H2,1H3,(H,32,33)/t23-/m1/s1. The lowest BCUT2D eigenvalue weighted by Gasteiger charge is -2.16. The first-order valence-corrected chi connectivity index (χ1v) is 11.2. The lowest BCUT2D eigenvalue weighted by Crippen LogP contribution is -2.31. The maximum atomic E-state index is 6.40. The summed E-state index contributed by atoms with van der Waals surface area (Å²) in [6.45, 7) is 2.69. The molecular weight excluding hydrogens is 406 g/mol. The molecule has 0 unspecified atom stereocenters. The van der Waals surface area contributed by atoms with Crippen LogP contribution in [0.2, 0.25) is 0 Å². The van der Waals surface area contributed by atoms with Crippen molar-refractivity contribution in [1.82, 2.24) is 15.2 Å². The summed E-state index contributed by atoms with van der Waals surface area (Å²) in [5.41, 5.74) is 14.8. The van der Waals surface area contributed by atoms with Gasteiger partial charge in [-0.3, -0.25) is 10.1 Å². The number of fused-ring (bicyclic) bond motifs is 1. The number of nitrogens with zero attached hydrogens (tertiary/aromatic N) is 2. The van der Waals surface area contributed by atoms with Crippen LogP contribution in [0.5, 0.6) is 0 Å². The summed E-state index contributed by atoms with van der Waals surface area (Å²) in [4.78, 5) is 4.85. The van der Waals surface area contributed by atoms with Crippen molar-refractivity contribution >= 4 is 16.6 Å². The quantitative estimate of drug-likeness (QED) is 0.313. The van der Waals surface area contributed by atoms with E-state index in [1.807, 2.05) is 49.5 Å². The van der Waals surface area contributed by atoms with E-state index in [-0.39, 0.29) is 6.04 Å². The molecule has 0 fully saturated rings. The second-order valence-corrected chi connectivity index (χ2v) is 8.39. The third kappa shape index (κ3) is 4.64. The number of pyridine rings is 1. The van der Waals surface area contributed by atoms with E-state index in [0.717, 1.165) is 51.1 Å². The Morgan fingerprint density at radius 2 is 1.67 bits per heavy atom. The van der Waals surface area contributed by atoms with Crippen LogP contribution >= 0.6 is 0 Å². The van der Waals surface area contributed by atoms with E-state index >= 15 is 0 Å². The molecule has 3 aromatic carbocycles. The predicted octanol–water partition coefficient (Wildman–Crippen LogP) is 5.58. The van der Waals surface area contributed by atoms with Gasteiger partial charge in [0, 0.05) is 29.1 Å². The zero-order valence-electron chi connectivity index (χ0n) is 18.6. The second-order valence-electron chi connectivity index (χ2n) is 8.39. The molecule has 5 nitrogen and oxygen atoms in total. The summed E-state index contributed by atoms with van der Waals surface area (Å²) in [6.07, 6.45) is 2.72. The molecule has 33 heavy (non-hydrogen) atoms. The third-order valence-electron chi connectivity index (χ3n) is 5.91. The average Bonchev–Trinajstić information content (AvgIpc) is 3.24. The fourth-order valence-corrected chi connectivity index (χ4v) is 4.16. The second kappa shape index (κ2) is 9.27. The number of nitrogens with one attached hydrogen (secondary N) is 2. The molecule has 2 heterocycles. The summed E-state index contributed by atoms with van der Waals surface area (Å²) >= 11 is 0. The van der Waals surface area contributed by atoms with E-state index < -0.39 is 0 Å². The summed E-state index contributed by atoms with van der Waals surface area (Å²) in [5.74, 6) is 0. The van der Waals surface area contributed by atoms with Crippen LogP contribution in [0, 0.1) is 6.92 Å². The van der Waals surface area contributed by atoms with Gasteiger partial charge in [-0.05, 0) is 42.7 Å². The van der Waals surface area contributed by atoms with Crippen molar-refractivity contribution in [3.63, 3.8) is 0 Å². The van der Waals surface area contributed by atoms with Crippen LogP contribution in [0.3, 0.4) is 0 Å². The predicted molar refractivity (Wildman–Crippen MR) is 136 cm³/mol. The monoisotopic (exact) mass is 433 g/mol. The molecule has 0 saturated carbocycles. The molecule has 0 radical (unpaired) electrons. The Morgan fingerprint density at radius 1 is 0.909 bits per heavy atom. The fourth-order valence-electron chi connectivity index (χ4n) is 4.16. The number of rotatable bonds is 7. The minimum absolute atomic E-state index is 0.00887. The Bertz CT molecular complexity index is 1360. The summed E-state index contributed by atoms with van der Waals surface area (Å²) in [5, 5.41) is 12.0. The molecule has 2 aromatic heterocycles. The molecule has 164 valence electrons. The van der Waals surface area contributed by atoms with Gasteiger partial charge in [0.05, 0.1) is 28.8 Å². The van der Waals surface area contributed by atoms with E-state index in [1.165, 1.54) is 5.56 Å². The van der Waals surface area contributed by atoms with Gasteiger partial charge in [-0.15, -0.1) is 0 Å². The highest BCUT2D eigenvalue weighted by molar-refractivity contribution is 5.90. The van der Waals surface area contributed by atoms with E-state index in [0.29, 0.717) is 6.54 Å². The number of H-pyrrole nitrogens is 1. The Balaban J connectivity index is 1.46. The van der Waals surface area contributed by atoms with Crippen molar-refractivity contribution in [3.8, 4) is 22.4 Å². The minimum atomic E-state index is 0.00887. The minimum Gasteiger partial charge on any atom is -0.382 e.